The molecule has 3 fully saturated rings. The second-order valence-electron chi connectivity index (χ2n) is 11.0. The molecule has 5 atom stereocenters. The van der Waals surface area contributed by atoms with Gasteiger partial charge in [-0.1, -0.05) is 61.9 Å². The van der Waals surface area contributed by atoms with Crippen LogP contribution in [0.5, 0.6) is 11.5 Å². The van der Waals surface area contributed by atoms with Gasteiger partial charge in [0, 0.05) is 29.1 Å². The zero-order valence-corrected chi connectivity index (χ0v) is 22.1. The minimum absolute atomic E-state index is 0.113. The standard InChI is InChI=1S/C34H34N2O2/c1-3-22-21-36-17-15-23(22)18-32(36)34(29-14-16-35-31-13-12-25(37-2)20-30(29)31)38-33-19-24-8-4-5-9-26(24)27-10-6-7-11-28(27)33/h4-14,16,19-20,22-23,32,34H,3,15,17-18,21H2,1-2H3. The van der Waals surface area contributed by atoms with E-state index in [-0.39, 0.29) is 6.10 Å². The molecule has 3 aliphatic heterocycles. The number of nitrogens with zero attached hydrogens (tertiary/aromatic N) is 2. The average molecular weight is 503 g/mol. The van der Waals surface area contributed by atoms with Crippen LogP contribution in [0.3, 0.4) is 0 Å². The molecule has 0 spiro atoms. The molecule has 3 saturated heterocycles. The van der Waals surface area contributed by atoms with E-state index in [2.05, 4.69) is 84.6 Å². The minimum Gasteiger partial charge on any atom is -0.497 e. The molecular weight excluding hydrogens is 468 g/mol. The number of rotatable bonds is 6. The first-order chi connectivity index (χ1) is 18.7. The van der Waals surface area contributed by atoms with E-state index in [0.717, 1.165) is 52.7 Å². The van der Waals surface area contributed by atoms with Gasteiger partial charge in [-0.05, 0) is 77.7 Å². The number of aromatic nitrogens is 1. The Kier molecular flexibility index (Phi) is 5.93. The Balaban J connectivity index is 1.41. The van der Waals surface area contributed by atoms with E-state index in [1.807, 2.05) is 12.3 Å². The quantitative estimate of drug-likeness (QED) is 0.222. The Morgan fingerprint density at radius 2 is 1.74 bits per heavy atom. The van der Waals surface area contributed by atoms with Crippen molar-refractivity contribution < 1.29 is 9.47 Å². The lowest BCUT2D eigenvalue weighted by Crippen LogP contribution is -2.56. The van der Waals surface area contributed by atoms with E-state index in [1.54, 1.807) is 7.11 Å². The molecule has 3 aliphatic rings. The van der Waals surface area contributed by atoms with Gasteiger partial charge >= 0.3 is 0 Å². The van der Waals surface area contributed by atoms with Crippen LogP contribution in [0.1, 0.15) is 37.9 Å². The van der Waals surface area contributed by atoms with Crippen molar-refractivity contribution >= 4 is 32.4 Å². The molecule has 38 heavy (non-hydrogen) atoms. The van der Waals surface area contributed by atoms with Gasteiger partial charge in [0.25, 0.3) is 0 Å². The second-order valence-corrected chi connectivity index (χ2v) is 11.0. The third-order valence-electron chi connectivity index (χ3n) is 9.08. The molecule has 4 nitrogen and oxygen atoms in total. The predicted octanol–water partition coefficient (Wildman–Crippen LogP) is 7.79. The number of piperidine rings is 3. The lowest BCUT2D eigenvalue weighted by atomic mass is 9.72. The van der Waals surface area contributed by atoms with Crippen LogP contribution in [0, 0.1) is 11.8 Å². The summed E-state index contributed by atoms with van der Waals surface area (Å²) in [5.41, 5.74) is 2.17. The maximum absolute atomic E-state index is 7.25. The molecule has 1 aromatic heterocycles. The first kappa shape index (κ1) is 23.5. The summed E-state index contributed by atoms with van der Waals surface area (Å²) in [6.07, 6.45) is 5.54. The van der Waals surface area contributed by atoms with Gasteiger partial charge in [0.05, 0.1) is 18.7 Å². The summed E-state index contributed by atoms with van der Waals surface area (Å²) in [6.45, 7) is 4.66. The predicted molar refractivity (Wildman–Crippen MR) is 155 cm³/mol. The topological polar surface area (TPSA) is 34.6 Å². The van der Waals surface area contributed by atoms with E-state index < -0.39 is 0 Å². The lowest BCUT2D eigenvalue weighted by molar-refractivity contribution is -0.0480. The number of ether oxygens (including phenoxy) is 2. The third kappa shape index (κ3) is 3.90. The van der Waals surface area contributed by atoms with Crippen LogP contribution in [0.25, 0.3) is 32.4 Å². The molecule has 4 heteroatoms. The molecule has 0 radical (unpaired) electrons. The fraction of sp³-hybridized carbons (Fsp3) is 0.324. The van der Waals surface area contributed by atoms with Crippen LogP contribution >= 0.6 is 0 Å². The van der Waals surface area contributed by atoms with Crippen LogP contribution in [-0.2, 0) is 0 Å². The first-order valence-corrected chi connectivity index (χ1v) is 14.0. The Morgan fingerprint density at radius 3 is 2.53 bits per heavy atom. The second kappa shape index (κ2) is 9.59. The molecule has 4 heterocycles. The fourth-order valence-corrected chi connectivity index (χ4v) is 7.08. The van der Waals surface area contributed by atoms with Gasteiger partial charge in [0.15, 0.2) is 0 Å². The van der Waals surface area contributed by atoms with E-state index in [4.69, 9.17) is 14.5 Å². The number of benzene rings is 4. The summed E-state index contributed by atoms with van der Waals surface area (Å²) in [4.78, 5) is 7.39. The van der Waals surface area contributed by atoms with Gasteiger partial charge in [-0.15, -0.1) is 0 Å². The van der Waals surface area contributed by atoms with Crippen molar-refractivity contribution in [1.82, 2.24) is 9.88 Å². The summed E-state index contributed by atoms with van der Waals surface area (Å²) >= 11 is 0. The molecule has 4 aromatic carbocycles. The van der Waals surface area contributed by atoms with Crippen LogP contribution in [0.2, 0.25) is 0 Å². The number of fused-ring (bicyclic) bond motifs is 7. The molecule has 0 aliphatic carbocycles. The summed E-state index contributed by atoms with van der Waals surface area (Å²) in [5, 5.41) is 5.97. The van der Waals surface area contributed by atoms with Gasteiger partial charge in [-0.2, -0.15) is 0 Å². The largest absolute Gasteiger partial charge is 0.497 e. The van der Waals surface area contributed by atoms with Crippen LogP contribution in [0.15, 0.2) is 85.1 Å². The molecule has 2 bridgehead atoms. The Bertz CT molecular complexity index is 1630. The Labute approximate surface area is 224 Å². The highest BCUT2D eigenvalue weighted by molar-refractivity contribution is 6.10. The zero-order valence-electron chi connectivity index (χ0n) is 22.1. The number of pyridine rings is 1. The van der Waals surface area contributed by atoms with Crippen LogP contribution < -0.4 is 9.47 Å². The van der Waals surface area contributed by atoms with Crippen LogP contribution in [-0.4, -0.2) is 36.1 Å². The Hall–Kier alpha value is -3.63. The highest BCUT2D eigenvalue weighted by atomic mass is 16.5. The van der Waals surface area contributed by atoms with E-state index in [0.29, 0.717) is 6.04 Å². The summed E-state index contributed by atoms with van der Waals surface area (Å²) in [5.74, 6) is 3.35. The monoisotopic (exact) mass is 502 g/mol. The van der Waals surface area contributed by atoms with Crippen molar-refractivity contribution in [2.75, 3.05) is 20.2 Å². The zero-order chi connectivity index (χ0) is 25.6. The normalized spacial score (nSPS) is 23.6. The highest BCUT2D eigenvalue weighted by Gasteiger charge is 2.44. The fourth-order valence-electron chi connectivity index (χ4n) is 7.08. The van der Waals surface area contributed by atoms with Crippen molar-refractivity contribution in [1.29, 1.82) is 0 Å². The molecule has 0 saturated carbocycles. The molecular formula is C34H34N2O2. The first-order valence-electron chi connectivity index (χ1n) is 14.0. The van der Waals surface area contributed by atoms with Crippen molar-refractivity contribution in [2.45, 2.75) is 38.3 Å². The van der Waals surface area contributed by atoms with Gasteiger partial charge in [-0.3, -0.25) is 9.88 Å². The van der Waals surface area contributed by atoms with Gasteiger partial charge in [0.2, 0.25) is 0 Å². The smallest absolute Gasteiger partial charge is 0.140 e. The Morgan fingerprint density at radius 1 is 0.921 bits per heavy atom. The van der Waals surface area contributed by atoms with Crippen molar-refractivity contribution in [3.8, 4) is 11.5 Å². The van der Waals surface area contributed by atoms with Crippen molar-refractivity contribution in [2.24, 2.45) is 11.8 Å². The van der Waals surface area contributed by atoms with Crippen LogP contribution in [0.4, 0.5) is 0 Å². The number of hydrogen-bond acceptors (Lipinski definition) is 4. The maximum atomic E-state index is 7.25. The molecule has 8 rings (SSSR count). The van der Waals surface area contributed by atoms with Gasteiger partial charge in [0.1, 0.15) is 17.6 Å². The van der Waals surface area contributed by atoms with E-state index >= 15 is 0 Å². The number of methoxy groups -OCH3 is 1. The maximum Gasteiger partial charge on any atom is 0.140 e. The SMILES string of the molecule is CCC1CN2CCC1CC2C(Oc1cc2ccccc2c2ccccc12)c1ccnc2ccc(OC)cc12. The minimum atomic E-state index is -0.113. The average Bonchev–Trinajstić information content (AvgIpc) is 2.99. The van der Waals surface area contributed by atoms with E-state index in [9.17, 15) is 0 Å². The molecule has 192 valence electrons. The summed E-state index contributed by atoms with van der Waals surface area (Å²) < 4.78 is 12.9. The van der Waals surface area contributed by atoms with Crippen molar-refractivity contribution in [3.05, 3.63) is 90.6 Å². The number of hydrogen-bond donors (Lipinski definition) is 0. The van der Waals surface area contributed by atoms with Crippen molar-refractivity contribution in [3.63, 3.8) is 0 Å². The summed E-state index contributed by atoms with van der Waals surface area (Å²) in [7, 11) is 1.73. The molecule has 5 unspecified atom stereocenters. The summed E-state index contributed by atoms with van der Waals surface area (Å²) in [6, 6.07) is 28.2. The van der Waals surface area contributed by atoms with E-state index in [1.165, 1.54) is 41.0 Å². The van der Waals surface area contributed by atoms with Gasteiger partial charge < -0.3 is 9.47 Å². The molecule has 0 N–H and O–H groups in total. The molecule has 5 aromatic rings. The highest BCUT2D eigenvalue weighted by Crippen LogP contribution is 2.45. The molecule has 0 amide bonds. The lowest BCUT2D eigenvalue weighted by Gasteiger charge is -2.52. The van der Waals surface area contributed by atoms with Gasteiger partial charge in [-0.25, -0.2) is 0 Å². The third-order valence-corrected chi connectivity index (χ3v) is 9.08.